The van der Waals surface area contributed by atoms with E-state index in [4.69, 9.17) is 10.8 Å². The van der Waals surface area contributed by atoms with E-state index in [1.54, 1.807) is 0 Å². The first-order chi connectivity index (χ1) is 9.81. The molecule has 2 aromatic rings. The molecule has 6 heteroatoms. The zero-order valence-corrected chi connectivity index (χ0v) is 11.8. The highest BCUT2D eigenvalue weighted by molar-refractivity contribution is 5.58. The van der Waals surface area contributed by atoms with Crippen molar-refractivity contribution in [1.82, 2.24) is 19.7 Å². The minimum Gasteiger partial charge on any atom is -0.308 e. The van der Waals surface area contributed by atoms with E-state index in [0.29, 0.717) is 5.82 Å². The van der Waals surface area contributed by atoms with Crippen LogP contribution in [0.3, 0.4) is 0 Å². The van der Waals surface area contributed by atoms with Gasteiger partial charge in [-0.3, -0.25) is 4.68 Å². The third kappa shape index (κ3) is 2.38. The van der Waals surface area contributed by atoms with Gasteiger partial charge < -0.3 is 5.43 Å². The van der Waals surface area contributed by atoms with Gasteiger partial charge in [0.1, 0.15) is 5.82 Å². The van der Waals surface area contributed by atoms with Gasteiger partial charge in [-0.2, -0.15) is 5.10 Å². The van der Waals surface area contributed by atoms with Crippen LogP contribution in [0.4, 0.5) is 5.82 Å². The van der Waals surface area contributed by atoms with Crippen LogP contribution < -0.4 is 11.3 Å². The number of fused-ring (bicyclic) bond motifs is 1. The molecule has 20 heavy (non-hydrogen) atoms. The summed E-state index contributed by atoms with van der Waals surface area (Å²) >= 11 is 0. The predicted molar refractivity (Wildman–Crippen MR) is 78.0 cm³/mol. The Kier molecular flexibility index (Phi) is 3.64. The average molecular weight is 272 g/mol. The van der Waals surface area contributed by atoms with E-state index in [1.165, 1.54) is 18.4 Å². The van der Waals surface area contributed by atoms with Crippen LogP contribution in [0.15, 0.2) is 12.4 Å². The summed E-state index contributed by atoms with van der Waals surface area (Å²) in [5.74, 6) is 7.08. The Morgan fingerprint density at radius 2 is 2.15 bits per heavy atom. The third-order valence-corrected chi connectivity index (χ3v) is 3.66. The van der Waals surface area contributed by atoms with Crippen LogP contribution >= 0.6 is 0 Å². The number of aromatic nitrogens is 4. The van der Waals surface area contributed by atoms with Crippen molar-refractivity contribution in [2.24, 2.45) is 5.84 Å². The molecule has 3 rings (SSSR count). The molecule has 1 aliphatic carbocycles. The number of hydrogen-bond acceptors (Lipinski definition) is 5. The summed E-state index contributed by atoms with van der Waals surface area (Å²) in [7, 11) is 0. The van der Waals surface area contributed by atoms with Gasteiger partial charge in [0.15, 0.2) is 5.82 Å². The minimum atomic E-state index is 0.709. The number of aryl methyl sites for hydroxylation is 2. The van der Waals surface area contributed by atoms with Crippen LogP contribution in [0.1, 0.15) is 37.4 Å². The second kappa shape index (κ2) is 5.58. The quantitative estimate of drug-likeness (QED) is 0.656. The zero-order valence-electron chi connectivity index (χ0n) is 11.8. The van der Waals surface area contributed by atoms with Gasteiger partial charge in [-0.05, 0) is 32.1 Å². The Morgan fingerprint density at radius 1 is 1.30 bits per heavy atom. The molecule has 2 heterocycles. The molecule has 0 aliphatic heterocycles. The molecule has 1 aliphatic rings. The van der Waals surface area contributed by atoms with Gasteiger partial charge in [0, 0.05) is 24.0 Å². The first-order valence-corrected chi connectivity index (χ1v) is 7.21. The summed E-state index contributed by atoms with van der Waals surface area (Å²) < 4.78 is 1.92. The molecule has 0 spiro atoms. The summed E-state index contributed by atoms with van der Waals surface area (Å²) in [5, 5.41) is 4.33. The number of hydrogen-bond donors (Lipinski definition) is 2. The highest BCUT2D eigenvalue weighted by atomic mass is 15.3. The molecule has 0 amide bonds. The summed E-state index contributed by atoms with van der Waals surface area (Å²) in [6.45, 7) is 3.04. The van der Waals surface area contributed by atoms with Crippen molar-refractivity contribution in [1.29, 1.82) is 0 Å². The van der Waals surface area contributed by atoms with Crippen molar-refractivity contribution in [2.45, 2.75) is 45.6 Å². The van der Waals surface area contributed by atoms with Gasteiger partial charge in [-0.25, -0.2) is 15.8 Å². The molecule has 0 radical (unpaired) electrons. The molecule has 0 saturated carbocycles. The van der Waals surface area contributed by atoms with Gasteiger partial charge in [-0.1, -0.05) is 6.92 Å². The Labute approximate surface area is 118 Å². The van der Waals surface area contributed by atoms with Crippen LogP contribution in [-0.2, 0) is 19.4 Å². The molecule has 0 saturated heterocycles. The van der Waals surface area contributed by atoms with Gasteiger partial charge in [-0.15, -0.1) is 0 Å². The number of hydrazine groups is 1. The Hall–Kier alpha value is -1.95. The molecule has 0 aromatic carbocycles. The molecular weight excluding hydrogens is 252 g/mol. The third-order valence-electron chi connectivity index (χ3n) is 3.66. The largest absolute Gasteiger partial charge is 0.308 e. The summed E-state index contributed by atoms with van der Waals surface area (Å²) in [6, 6.07) is 0. The van der Waals surface area contributed by atoms with Crippen molar-refractivity contribution in [2.75, 3.05) is 5.43 Å². The van der Waals surface area contributed by atoms with Crippen LogP contribution in [0.25, 0.3) is 11.4 Å². The van der Waals surface area contributed by atoms with E-state index >= 15 is 0 Å². The lowest BCUT2D eigenvalue weighted by molar-refractivity contribution is 0.603. The molecule has 0 fully saturated rings. The van der Waals surface area contributed by atoms with Crippen LogP contribution in [-0.4, -0.2) is 19.7 Å². The predicted octanol–water partition coefficient (Wildman–Crippen LogP) is 1.91. The van der Waals surface area contributed by atoms with E-state index < -0.39 is 0 Å². The monoisotopic (exact) mass is 272 g/mol. The fourth-order valence-corrected chi connectivity index (χ4v) is 2.67. The maximum Gasteiger partial charge on any atom is 0.165 e. The van der Waals surface area contributed by atoms with Gasteiger partial charge in [0.2, 0.25) is 0 Å². The van der Waals surface area contributed by atoms with E-state index in [0.717, 1.165) is 42.9 Å². The number of nitrogens with zero attached hydrogens (tertiary/aromatic N) is 4. The number of anilines is 1. The van der Waals surface area contributed by atoms with Gasteiger partial charge in [0.05, 0.1) is 11.8 Å². The first-order valence-electron chi connectivity index (χ1n) is 7.21. The summed E-state index contributed by atoms with van der Waals surface area (Å²) in [6.07, 6.45) is 9.24. The summed E-state index contributed by atoms with van der Waals surface area (Å²) in [5.41, 5.74) is 5.96. The number of nitrogens with two attached hydrogens (primary N) is 1. The lowest BCUT2D eigenvalue weighted by atomic mass is 9.96. The van der Waals surface area contributed by atoms with Crippen LogP contribution in [0.5, 0.6) is 0 Å². The first kappa shape index (κ1) is 13.1. The molecule has 106 valence electrons. The highest BCUT2D eigenvalue weighted by Gasteiger charge is 2.18. The molecular formula is C14H20N6. The Balaban J connectivity index is 2.00. The van der Waals surface area contributed by atoms with Crippen LogP contribution in [0.2, 0.25) is 0 Å². The van der Waals surface area contributed by atoms with Crippen molar-refractivity contribution < 1.29 is 0 Å². The van der Waals surface area contributed by atoms with Crippen LogP contribution in [0, 0.1) is 0 Å². The number of nitrogen functional groups attached to an aromatic ring is 1. The SMILES string of the molecule is CCCn1cc(-c2nc3c(c(NN)n2)CCCC3)cn1. The Morgan fingerprint density at radius 3 is 2.95 bits per heavy atom. The van der Waals surface area contributed by atoms with Crippen molar-refractivity contribution >= 4 is 5.82 Å². The van der Waals surface area contributed by atoms with Crippen molar-refractivity contribution in [3.8, 4) is 11.4 Å². The molecule has 6 nitrogen and oxygen atoms in total. The smallest absolute Gasteiger partial charge is 0.165 e. The lowest BCUT2D eigenvalue weighted by Gasteiger charge is -2.18. The fraction of sp³-hybridized carbons (Fsp3) is 0.500. The second-order valence-electron chi connectivity index (χ2n) is 5.16. The lowest BCUT2D eigenvalue weighted by Crippen LogP contribution is -2.17. The highest BCUT2D eigenvalue weighted by Crippen LogP contribution is 2.27. The number of rotatable bonds is 4. The fourth-order valence-electron chi connectivity index (χ4n) is 2.67. The van der Waals surface area contributed by atoms with E-state index in [-0.39, 0.29) is 0 Å². The number of nitrogens with one attached hydrogen (secondary N) is 1. The average Bonchev–Trinajstić information content (AvgIpc) is 2.95. The molecule has 3 N–H and O–H groups in total. The maximum absolute atomic E-state index is 5.61. The minimum absolute atomic E-state index is 0.709. The normalized spacial score (nSPS) is 14.1. The molecule has 0 bridgehead atoms. The molecule has 0 atom stereocenters. The summed E-state index contributed by atoms with van der Waals surface area (Å²) in [4.78, 5) is 9.25. The topological polar surface area (TPSA) is 81.7 Å². The van der Waals surface area contributed by atoms with Crippen molar-refractivity contribution in [3.63, 3.8) is 0 Å². The van der Waals surface area contributed by atoms with Crippen molar-refractivity contribution in [3.05, 3.63) is 23.7 Å². The van der Waals surface area contributed by atoms with E-state index in [1.807, 2.05) is 17.1 Å². The molecule has 2 aromatic heterocycles. The van der Waals surface area contributed by atoms with E-state index in [2.05, 4.69) is 22.4 Å². The Bertz CT molecular complexity index is 586. The standard InChI is InChI=1S/C14H20N6/c1-2-7-20-9-10(8-16-20)13-17-12-6-4-3-5-11(12)14(18-13)19-15/h8-9H,2-7,15H2,1H3,(H,17,18,19). The van der Waals surface area contributed by atoms with Gasteiger partial charge in [0.25, 0.3) is 0 Å². The van der Waals surface area contributed by atoms with E-state index in [9.17, 15) is 0 Å². The zero-order chi connectivity index (χ0) is 13.9. The molecule has 0 unspecified atom stereocenters. The maximum atomic E-state index is 5.61. The second-order valence-corrected chi connectivity index (χ2v) is 5.16. The van der Waals surface area contributed by atoms with Gasteiger partial charge >= 0.3 is 0 Å².